The lowest BCUT2D eigenvalue weighted by molar-refractivity contribution is -0.138. The lowest BCUT2D eigenvalue weighted by atomic mass is 10.1. The highest BCUT2D eigenvalue weighted by Gasteiger charge is 2.31. The Morgan fingerprint density at radius 3 is 2.80 bits per heavy atom. The second-order valence-corrected chi connectivity index (χ2v) is 9.84. The minimum atomic E-state index is -0.830. The first-order chi connectivity index (χ1) is 19.6. The molecule has 1 aromatic carbocycles. The van der Waals surface area contributed by atoms with Gasteiger partial charge < -0.3 is 20.1 Å². The zero-order chi connectivity index (χ0) is 27.5. The average molecular weight is 538 g/mol. The fraction of sp³-hybridized carbons (Fsp3) is 0.321. The molecule has 0 bridgehead atoms. The molecule has 0 amide bonds. The van der Waals surface area contributed by atoms with Gasteiger partial charge in [-0.05, 0) is 49.6 Å². The van der Waals surface area contributed by atoms with Gasteiger partial charge in [0.15, 0.2) is 0 Å². The standard InChI is InChI=1S/C28H27N9O3/c29-14-18-4-1-5-19(12-18)22-13-23(33-28(32-22)31-21-9-11-40-17-21)24-16-36(35-34-24)15-20-6-2-8-26(30-20)37-10-3-7-25(37)27(38)39/h1-2,4-6,8,12-13,16,21,25H,3,7,9-11,15,17H2,(H,38,39)(H,31,32,33)/t21-,25-/m0/s1. The first-order valence-electron chi connectivity index (χ1n) is 13.2. The third-order valence-electron chi connectivity index (χ3n) is 7.03. The van der Waals surface area contributed by atoms with Crippen molar-refractivity contribution in [2.45, 2.75) is 37.9 Å². The highest BCUT2D eigenvalue weighted by Crippen LogP contribution is 2.27. The van der Waals surface area contributed by atoms with Crippen molar-refractivity contribution in [1.82, 2.24) is 29.9 Å². The first-order valence-corrected chi connectivity index (χ1v) is 13.2. The smallest absolute Gasteiger partial charge is 0.326 e. The number of benzene rings is 1. The van der Waals surface area contributed by atoms with E-state index in [1.54, 1.807) is 23.0 Å². The molecule has 12 heteroatoms. The van der Waals surface area contributed by atoms with Gasteiger partial charge in [-0.3, -0.25) is 0 Å². The second kappa shape index (κ2) is 11.1. The molecule has 6 rings (SSSR count). The zero-order valence-corrected chi connectivity index (χ0v) is 21.6. The Labute approximate surface area is 230 Å². The molecule has 2 aliphatic rings. The zero-order valence-electron chi connectivity index (χ0n) is 21.6. The first kappa shape index (κ1) is 25.4. The maximum absolute atomic E-state index is 11.6. The molecule has 3 aromatic heterocycles. The number of hydrogen-bond donors (Lipinski definition) is 2. The van der Waals surface area contributed by atoms with Crippen LogP contribution >= 0.6 is 0 Å². The number of aromatic nitrogens is 6. The van der Waals surface area contributed by atoms with Crippen molar-refractivity contribution in [2.75, 3.05) is 30.0 Å². The van der Waals surface area contributed by atoms with Crippen LogP contribution in [0.25, 0.3) is 22.6 Å². The quantitative estimate of drug-likeness (QED) is 0.341. The highest BCUT2D eigenvalue weighted by atomic mass is 16.5. The fourth-order valence-corrected chi connectivity index (χ4v) is 5.04. The number of carboxylic acid groups (broad SMARTS) is 1. The van der Waals surface area contributed by atoms with Gasteiger partial charge in [0, 0.05) is 18.7 Å². The molecule has 2 saturated heterocycles. The van der Waals surface area contributed by atoms with Gasteiger partial charge in [-0.2, -0.15) is 5.26 Å². The number of nitrogens with one attached hydrogen (secondary N) is 1. The molecular weight excluding hydrogens is 510 g/mol. The van der Waals surface area contributed by atoms with Crippen LogP contribution in [0.3, 0.4) is 0 Å². The van der Waals surface area contributed by atoms with Gasteiger partial charge in [0.25, 0.3) is 0 Å². The molecule has 2 aliphatic heterocycles. The topological polar surface area (TPSA) is 155 Å². The number of carboxylic acids is 1. The number of pyridine rings is 1. The van der Waals surface area contributed by atoms with Crippen LogP contribution in [-0.4, -0.2) is 72.9 Å². The van der Waals surface area contributed by atoms with Crippen LogP contribution in [0.1, 0.15) is 30.5 Å². The number of ether oxygens (including phenoxy) is 1. The summed E-state index contributed by atoms with van der Waals surface area (Å²) in [7, 11) is 0. The predicted octanol–water partition coefficient (Wildman–Crippen LogP) is 2.97. The SMILES string of the molecule is N#Cc1cccc(-c2cc(-c3cn(Cc4cccc(N5CCC[C@H]5C(=O)O)n4)nn3)nc(N[C@H]3CCOC3)n2)c1. The van der Waals surface area contributed by atoms with Crippen molar-refractivity contribution in [3.8, 4) is 28.7 Å². The van der Waals surface area contributed by atoms with E-state index in [9.17, 15) is 15.2 Å². The van der Waals surface area contributed by atoms with Crippen molar-refractivity contribution >= 4 is 17.7 Å². The average Bonchev–Trinajstić information content (AvgIpc) is 3.76. The number of carbonyl (C=O) groups is 1. The maximum Gasteiger partial charge on any atom is 0.326 e. The van der Waals surface area contributed by atoms with Gasteiger partial charge in [-0.1, -0.05) is 23.4 Å². The van der Waals surface area contributed by atoms with Crippen LogP contribution in [0.15, 0.2) is 54.7 Å². The summed E-state index contributed by atoms with van der Waals surface area (Å²) in [6, 6.07) is 16.4. The Kier molecular flexibility index (Phi) is 7.03. The van der Waals surface area contributed by atoms with E-state index < -0.39 is 12.0 Å². The monoisotopic (exact) mass is 537 g/mol. The molecule has 2 fully saturated rings. The Morgan fingerprint density at radius 1 is 1.10 bits per heavy atom. The van der Waals surface area contributed by atoms with Gasteiger partial charge in [-0.25, -0.2) is 24.4 Å². The molecule has 2 atom stereocenters. The van der Waals surface area contributed by atoms with Gasteiger partial charge in [0.05, 0.1) is 54.1 Å². The second-order valence-electron chi connectivity index (χ2n) is 9.84. The molecule has 0 aliphatic carbocycles. The van der Waals surface area contributed by atoms with E-state index in [1.807, 2.05) is 41.3 Å². The van der Waals surface area contributed by atoms with Crippen LogP contribution in [0.2, 0.25) is 0 Å². The van der Waals surface area contributed by atoms with Gasteiger partial charge in [-0.15, -0.1) is 5.10 Å². The minimum absolute atomic E-state index is 0.110. The van der Waals surface area contributed by atoms with E-state index in [-0.39, 0.29) is 6.04 Å². The summed E-state index contributed by atoms with van der Waals surface area (Å²) in [6.07, 6.45) is 4.09. The summed E-state index contributed by atoms with van der Waals surface area (Å²) in [5, 5.41) is 30.9. The number of nitriles is 1. The molecule has 0 unspecified atom stereocenters. The van der Waals surface area contributed by atoms with E-state index in [2.05, 4.69) is 21.7 Å². The van der Waals surface area contributed by atoms with Gasteiger partial charge in [0.2, 0.25) is 5.95 Å². The van der Waals surface area contributed by atoms with Crippen molar-refractivity contribution in [3.63, 3.8) is 0 Å². The highest BCUT2D eigenvalue weighted by molar-refractivity contribution is 5.78. The largest absolute Gasteiger partial charge is 0.480 e. The number of anilines is 2. The van der Waals surface area contributed by atoms with Gasteiger partial charge >= 0.3 is 5.97 Å². The summed E-state index contributed by atoms with van der Waals surface area (Å²) in [6.45, 7) is 2.29. The van der Waals surface area contributed by atoms with Gasteiger partial charge in [0.1, 0.15) is 17.6 Å². The van der Waals surface area contributed by atoms with E-state index in [1.165, 1.54) is 0 Å². The number of rotatable bonds is 8. The van der Waals surface area contributed by atoms with Crippen molar-refractivity contribution < 1.29 is 14.6 Å². The summed E-state index contributed by atoms with van der Waals surface area (Å²) in [4.78, 5) is 27.6. The number of nitrogens with zero attached hydrogens (tertiary/aromatic N) is 8. The van der Waals surface area contributed by atoms with E-state index >= 15 is 0 Å². The minimum Gasteiger partial charge on any atom is -0.480 e. The van der Waals surface area contributed by atoms with Crippen LogP contribution < -0.4 is 10.2 Å². The normalized spacial score (nSPS) is 18.5. The van der Waals surface area contributed by atoms with Crippen LogP contribution in [-0.2, 0) is 16.1 Å². The summed E-state index contributed by atoms with van der Waals surface area (Å²) in [5.74, 6) is 0.269. The van der Waals surface area contributed by atoms with Crippen molar-refractivity contribution in [2.24, 2.45) is 0 Å². The fourth-order valence-electron chi connectivity index (χ4n) is 5.04. The molecule has 202 valence electrons. The Bertz CT molecular complexity index is 1580. The Balaban J connectivity index is 1.27. The molecule has 0 radical (unpaired) electrons. The van der Waals surface area contributed by atoms with Crippen LogP contribution in [0.4, 0.5) is 11.8 Å². The van der Waals surface area contributed by atoms with Crippen molar-refractivity contribution in [3.05, 3.63) is 66.0 Å². The van der Waals surface area contributed by atoms with E-state index in [0.717, 1.165) is 24.1 Å². The van der Waals surface area contributed by atoms with Crippen LogP contribution in [0.5, 0.6) is 0 Å². The number of aliphatic carboxylic acids is 1. The van der Waals surface area contributed by atoms with Crippen molar-refractivity contribution in [1.29, 1.82) is 5.26 Å². The Morgan fingerprint density at radius 2 is 1.98 bits per heavy atom. The van der Waals surface area contributed by atoms with E-state index in [0.29, 0.717) is 67.1 Å². The molecule has 0 spiro atoms. The summed E-state index contributed by atoms with van der Waals surface area (Å²) in [5.41, 5.74) is 3.89. The lowest BCUT2D eigenvalue weighted by Gasteiger charge is -2.22. The molecule has 12 nitrogen and oxygen atoms in total. The molecule has 5 heterocycles. The molecule has 2 N–H and O–H groups in total. The molecule has 40 heavy (non-hydrogen) atoms. The maximum atomic E-state index is 11.6. The lowest BCUT2D eigenvalue weighted by Crippen LogP contribution is -2.36. The van der Waals surface area contributed by atoms with E-state index in [4.69, 9.17) is 19.7 Å². The Hall–Kier alpha value is -4.89. The summed E-state index contributed by atoms with van der Waals surface area (Å²) >= 11 is 0. The number of hydrogen-bond acceptors (Lipinski definition) is 10. The molecule has 4 aromatic rings. The third-order valence-corrected chi connectivity index (χ3v) is 7.03. The third kappa shape index (κ3) is 5.45. The summed E-state index contributed by atoms with van der Waals surface area (Å²) < 4.78 is 7.17. The molecule has 0 saturated carbocycles. The predicted molar refractivity (Wildman–Crippen MR) is 145 cm³/mol. The van der Waals surface area contributed by atoms with Crippen LogP contribution in [0, 0.1) is 11.3 Å². The molecular formula is C28H27N9O3.